The van der Waals surface area contributed by atoms with Gasteiger partial charge >= 0.3 is 0 Å². The van der Waals surface area contributed by atoms with E-state index in [1.54, 1.807) is 0 Å². The van der Waals surface area contributed by atoms with E-state index in [-0.39, 0.29) is 5.41 Å². The van der Waals surface area contributed by atoms with E-state index in [1.165, 1.54) is 32.1 Å². The highest BCUT2D eigenvalue weighted by Crippen LogP contribution is 2.68. The van der Waals surface area contributed by atoms with Gasteiger partial charge in [-0.05, 0) is 90.8 Å². The number of Topliss-reactive ketones (excluding diaryl/α,β-unsaturated/α-hetero) is 1. The first-order chi connectivity index (χ1) is 14.7. The Bertz CT molecular complexity index is 739. The minimum Gasteiger partial charge on any atom is -0.369 e. The molecule has 174 valence electrons. The van der Waals surface area contributed by atoms with Crippen LogP contribution in [0, 0.1) is 58.2 Å². The Balaban J connectivity index is 1.35. The lowest BCUT2D eigenvalue weighted by Crippen LogP contribution is -2.55. The summed E-state index contributed by atoms with van der Waals surface area (Å²) in [6.07, 6.45) is 15.2. The van der Waals surface area contributed by atoms with Gasteiger partial charge in [0.2, 0.25) is 0 Å². The summed E-state index contributed by atoms with van der Waals surface area (Å²) in [6, 6.07) is 0. The number of allylic oxidation sites excluding steroid dienone is 2. The molecule has 1 aliphatic heterocycles. The van der Waals surface area contributed by atoms with Crippen molar-refractivity contribution < 1.29 is 9.53 Å². The van der Waals surface area contributed by atoms with Crippen molar-refractivity contribution in [1.29, 1.82) is 0 Å². The first kappa shape index (κ1) is 22.2. The number of carbonyl (C=O) groups is 1. The fraction of sp³-hybridized carbons (Fsp3) is 0.897. The number of fused-ring (bicyclic) bond motifs is 5. The Kier molecular flexibility index (Phi) is 5.52. The maximum atomic E-state index is 13.3. The van der Waals surface area contributed by atoms with Gasteiger partial charge < -0.3 is 4.74 Å². The molecule has 5 aliphatic rings. The molecular weight excluding hydrogens is 380 g/mol. The molecule has 4 aliphatic carbocycles. The average molecular weight is 427 g/mol. The van der Waals surface area contributed by atoms with Crippen LogP contribution in [0.2, 0.25) is 0 Å². The van der Waals surface area contributed by atoms with Crippen LogP contribution in [0.15, 0.2) is 12.2 Å². The molecule has 0 aromatic rings. The minimum atomic E-state index is 0.218. The summed E-state index contributed by atoms with van der Waals surface area (Å²) in [6.45, 7) is 14.6. The molecule has 5 rings (SSSR count). The smallest absolute Gasteiger partial charge is 0.137 e. The molecule has 31 heavy (non-hydrogen) atoms. The molecule has 0 N–H and O–H groups in total. The zero-order chi connectivity index (χ0) is 22.1. The first-order valence-corrected chi connectivity index (χ1v) is 13.6. The van der Waals surface area contributed by atoms with Gasteiger partial charge in [-0.25, -0.2) is 0 Å². The number of hydrogen-bond acceptors (Lipinski definition) is 2. The number of rotatable bonds is 5. The quantitative estimate of drug-likeness (QED) is 0.347. The summed E-state index contributed by atoms with van der Waals surface area (Å²) in [7, 11) is 0. The van der Waals surface area contributed by atoms with Crippen molar-refractivity contribution in [3.8, 4) is 0 Å². The summed E-state index contributed by atoms with van der Waals surface area (Å²) < 4.78 is 6.38. The Labute approximate surface area is 191 Å². The van der Waals surface area contributed by atoms with E-state index in [1.807, 2.05) is 0 Å². The summed E-state index contributed by atoms with van der Waals surface area (Å²) in [5, 5.41) is 0. The normalized spacial score (nSPS) is 50.5. The van der Waals surface area contributed by atoms with E-state index in [4.69, 9.17) is 4.74 Å². The second kappa shape index (κ2) is 7.71. The predicted octanol–water partition coefficient (Wildman–Crippen LogP) is 7.08. The highest BCUT2D eigenvalue weighted by Gasteiger charge is 2.63. The fourth-order valence-corrected chi connectivity index (χ4v) is 9.78. The van der Waals surface area contributed by atoms with E-state index in [2.05, 4.69) is 53.7 Å². The lowest BCUT2D eigenvalue weighted by Gasteiger charge is -2.59. The molecule has 0 spiro atoms. The molecule has 4 fully saturated rings. The van der Waals surface area contributed by atoms with Gasteiger partial charge in [0.05, 0.1) is 12.2 Å². The van der Waals surface area contributed by atoms with Crippen LogP contribution in [0.5, 0.6) is 0 Å². The molecular formula is C29H46O2. The van der Waals surface area contributed by atoms with E-state index in [0.717, 1.165) is 37.0 Å². The van der Waals surface area contributed by atoms with Crippen molar-refractivity contribution >= 4 is 5.78 Å². The maximum Gasteiger partial charge on any atom is 0.137 e. The van der Waals surface area contributed by atoms with Gasteiger partial charge in [0.25, 0.3) is 0 Å². The molecule has 0 aromatic carbocycles. The maximum absolute atomic E-state index is 13.3. The van der Waals surface area contributed by atoms with E-state index < -0.39 is 0 Å². The molecule has 0 amide bonds. The van der Waals surface area contributed by atoms with Crippen molar-refractivity contribution in [2.45, 2.75) is 105 Å². The third-order valence-corrected chi connectivity index (χ3v) is 11.5. The van der Waals surface area contributed by atoms with Crippen LogP contribution in [-0.4, -0.2) is 18.0 Å². The average Bonchev–Trinajstić information content (AvgIpc) is 3.41. The Hall–Kier alpha value is -0.630. The van der Waals surface area contributed by atoms with Crippen LogP contribution in [0.3, 0.4) is 0 Å². The van der Waals surface area contributed by atoms with E-state index in [0.29, 0.717) is 53.0 Å². The van der Waals surface area contributed by atoms with Gasteiger partial charge in [-0.1, -0.05) is 60.1 Å². The molecule has 0 unspecified atom stereocenters. The monoisotopic (exact) mass is 426 g/mol. The topological polar surface area (TPSA) is 29.6 Å². The van der Waals surface area contributed by atoms with Crippen LogP contribution < -0.4 is 0 Å². The Morgan fingerprint density at radius 3 is 2.48 bits per heavy atom. The van der Waals surface area contributed by atoms with Crippen molar-refractivity contribution in [1.82, 2.24) is 0 Å². The number of hydrogen-bond donors (Lipinski definition) is 0. The van der Waals surface area contributed by atoms with Crippen molar-refractivity contribution in [2.24, 2.45) is 58.2 Å². The summed E-state index contributed by atoms with van der Waals surface area (Å²) in [5.74, 6) is 5.85. The predicted molar refractivity (Wildman–Crippen MR) is 127 cm³/mol. The first-order valence-electron chi connectivity index (χ1n) is 13.6. The lowest BCUT2D eigenvalue weighted by molar-refractivity contribution is -0.149. The molecule has 11 atom stereocenters. The lowest BCUT2D eigenvalue weighted by atomic mass is 9.45. The van der Waals surface area contributed by atoms with Gasteiger partial charge in [0.1, 0.15) is 5.78 Å². The van der Waals surface area contributed by atoms with Crippen LogP contribution in [0.25, 0.3) is 0 Å². The second-order valence-electron chi connectivity index (χ2n) is 13.0. The SMILES string of the molecule is CC[C@@H](C(C)C)[C@H]1O[C@@H]1[C@@H](C)[C@H]1CC[C@H]2[C@@H]3CC(=O)[C@H]4CC=CC[C@]4(C)[C@H]3CC[C@]12C. The number of ether oxygens (including phenoxy) is 1. The van der Waals surface area contributed by atoms with Crippen LogP contribution in [0.1, 0.15) is 92.9 Å². The molecule has 3 saturated carbocycles. The third-order valence-electron chi connectivity index (χ3n) is 11.5. The highest BCUT2D eigenvalue weighted by atomic mass is 16.6. The van der Waals surface area contributed by atoms with Crippen LogP contribution >= 0.6 is 0 Å². The van der Waals surface area contributed by atoms with Crippen molar-refractivity contribution in [3.63, 3.8) is 0 Å². The van der Waals surface area contributed by atoms with E-state index >= 15 is 0 Å². The number of ketones is 1. The summed E-state index contributed by atoms with van der Waals surface area (Å²) in [5.41, 5.74) is 0.626. The molecule has 2 heteroatoms. The van der Waals surface area contributed by atoms with E-state index in [9.17, 15) is 4.79 Å². The zero-order valence-corrected chi connectivity index (χ0v) is 20.9. The summed E-state index contributed by atoms with van der Waals surface area (Å²) >= 11 is 0. The van der Waals surface area contributed by atoms with Gasteiger partial charge in [0, 0.05) is 12.3 Å². The molecule has 0 bridgehead atoms. The molecule has 2 nitrogen and oxygen atoms in total. The highest BCUT2D eigenvalue weighted by molar-refractivity contribution is 5.83. The fourth-order valence-electron chi connectivity index (χ4n) is 9.78. The van der Waals surface area contributed by atoms with Crippen molar-refractivity contribution in [3.05, 3.63) is 12.2 Å². The standard InChI is InChI=1S/C29H46O2/c1-7-19(17(2)3)27-26(31-27)18(4)21-11-12-22-20-16-25(30)24-10-8-9-14-28(24,5)23(20)13-15-29(21,22)6/h8-9,17-24,26-27H,7,10-16H2,1-6H3/t18-,19-,20-,21+,22-,23-,24+,26+,27+,28+,29+/m0/s1. The third kappa shape index (κ3) is 3.24. The number of carbonyl (C=O) groups excluding carboxylic acids is 1. The number of epoxide rings is 1. The molecule has 1 saturated heterocycles. The van der Waals surface area contributed by atoms with Crippen LogP contribution in [-0.2, 0) is 9.53 Å². The second-order valence-corrected chi connectivity index (χ2v) is 13.0. The zero-order valence-electron chi connectivity index (χ0n) is 20.9. The van der Waals surface area contributed by atoms with Gasteiger partial charge in [-0.3, -0.25) is 4.79 Å². The minimum absolute atomic E-state index is 0.218. The molecule has 1 heterocycles. The van der Waals surface area contributed by atoms with Crippen LogP contribution in [0.4, 0.5) is 0 Å². The largest absolute Gasteiger partial charge is 0.369 e. The van der Waals surface area contributed by atoms with Gasteiger partial charge in [0.15, 0.2) is 0 Å². The Morgan fingerprint density at radius 1 is 1.03 bits per heavy atom. The molecule has 0 aromatic heterocycles. The van der Waals surface area contributed by atoms with Crippen molar-refractivity contribution in [2.75, 3.05) is 0 Å². The summed E-state index contributed by atoms with van der Waals surface area (Å²) in [4.78, 5) is 13.3. The molecule has 0 radical (unpaired) electrons. The van der Waals surface area contributed by atoms with Gasteiger partial charge in [-0.2, -0.15) is 0 Å². The van der Waals surface area contributed by atoms with Gasteiger partial charge in [-0.15, -0.1) is 0 Å². The Morgan fingerprint density at radius 2 is 1.77 bits per heavy atom.